The molecule has 2 aromatic heterocycles. The second-order valence-electron chi connectivity index (χ2n) is 9.41. The molecular formula is C26H27F3N6O3S. The van der Waals surface area contributed by atoms with E-state index in [0.29, 0.717) is 30.9 Å². The van der Waals surface area contributed by atoms with E-state index in [0.717, 1.165) is 45.6 Å². The van der Waals surface area contributed by atoms with Gasteiger partial charge in [-0.3, -0.25) is 9.48 Å². The van der Waals surface area contributed by atoms with E-state index in [1.807, 2.05) is 35.7 Å². The Bertz CT molecular complexity index is 1380. The lowest BCUT2D eigenvalue weighted by molar-refractivity contribution is -0.142. The summed E-state index contributed by atoms with van der Waals surface area (Å²) in [5, 5.41) is 14.9. The van der Waals surface area contributed by atoms with Crippen molar-refractivity contribution in [1.29, 1.82) is 0 Å². The number of hydrogen-bond acceptors (Lipinski definition) is 8. The van der Waals surface area contributed by atoms with Gasteiger partial charge in [-0.25, -0.2) is 4.98 Å². The number of oxime groups is 2. The van der Waals surface area contributed by atoms with Crippen LogP contribution in [0.1, 0.15) is 52.8 Å². The summed E-state index contributed by atoms with van der Waals surface area (Å²) in [6.07, 6.45) is -2.98. The number of piperidine rings is 1. The third-order valence-corrected chi connectivity index (χ3v) is 7.81. The molecule has 3 aromatic rings. The number of halogens is 3. The summed E-state index contributed by atoms with van der Waals surface area (Å²) in [6, 6.07) is 10.6. The lowest BCUT2D eigenvalue weighted by atomic mass is 9.97. The maximum absolute atomic E-state index is 12.9. The molecular weight excluding hydrogens is 533 g/mol. The molecule has 5 rings (SSSR count). The monoisotopic (exact) mass is 560 g/mol. The minimum absolute atomic E-state index is 0.185. The van der Waals surface area contributed by atoms with Gasteiger partial charge in [0, 0.05) is 42.1 Å². The van der Waals surface area contributed by atoms with Crippen molar-refractivity contribution < 1.29 is 27.6 Å². The molecule has 1 aromatic carbocycles. The summed E-state index contributed by atoms with van der Waals surface area (Å²) in [5.74, 6) is -0.0617. The van der Waals surface area contributed by atoms with Crippen molar-refractivity contribution in [3.63, 3.8) is 0 Å². The number of carbonyl (C=O) groups is 1. The zero-order valence-corrected chi connectivity index (χ0v) is 22.2. The van der Waals surface area contributed by atoms with Crippen molar-refractivity contribution in [2.75, 3.05) is 20.2 Å². The highest BCUT2D eigenvalue weighted by atomic mass is 32.1. The normalized spacial score (nSPS) is 18.7. The predicted octanol–water partition coefficient (Wildman–Crippen LogP) is 4.62. The highest BCUT2D eigenvalue weighted by molar-refractivity contribution is 7.10. The van der Waals surface area contributed by atoms with Crippen LogP contribution in [0.3, 0.4) is 0 Å². The van der Waals surface area contributed by atoms with E-state index in [2.05, 4.69) is 15.4 Å². The average Bonchev–Trinajstić information content (AvgIpc) is 3.68. The zero-order chi connectivity index (χ0) is 27.6. The van der Waals surface area contributed by atoms with Crippen LogP contribution in [0, 0.1) is 6.92 Å². The van der Waals surface area contributed by atoms with Crippen molar-refractivity contribution in [3.05, 3.63) is 69.4 Å². The van der Waals surface area contributed by atoms with E-state index in [-0.39, 0.29) is 24.5 Å². The van der Waals surface area contributed by atoms with Gasteiger partial charge in [-0.1, -0.05) is 40.6 Å². The Labute approximate surface area is 226 Å². The van der Waals surface area contributed by atoms with Crippen molar-refractivity contribution in [2.45, 2.75) is 50.9 Å². The first-order valence-corrected chi connectivity index (χ1v) is 13.3. The molecule has 1 saturated heterocycles. The SMILES string of the molecule is CON=C(c1ccccc1)C1CC(c2csc(C3CCN(C(=O)Cn4nc(C(F)(F)F)cc4C)CC3)n2)=NO1. The second-order valence-corrected chi connectivity index (χ2v) is 10.3. The Kier molecular flexibility index (Phi) is 7.69. The smallest absolute Gasteiger partial charge is 0.399 e. The van der Waals surface area contributed by atoms with Crippen LogP contribution in [0.2, 0.25) is 0 Å². The fourth-order valence-corrected chi connectivity index (χ4v) is 5.70. The van der Waals surface area contributed by atoms with Gasteiger partial charge in [0.25, 0.3) is 0 Å². The van der Waals surface area contributed by atoms with Gasteiger partial charge in [0.2, 0.25) is 5.91 Å². The van der Waals surface area contributed by atoms with Crippen LogP contribution in [0.4, 0.5) is 13.2 Å². The van der Waals surface area contributed by atoms with Gasteiger partial charge in [0.15, 0.2) is 11.8 Å². The maximum Gasteiger partial charge on any atom is 0.435 e. The van der Waals surface area contributed by atoms with E-state index in [1.165, 1.54) is 14.0 Å². The quantitative estimate of drug-likeness (QED) is 0.311. The van der Waals surface area contributed by atoms with E-state index in [1.54, 1.807) is 16.2 Å². The lowest BCUT2D eigenvalue weighted by Gasteiger charge is -2.31. The predicted molar refractivity (Wildman–Crippen MR) is 139 cm³/mol. The molecule has 2 aliphatic heterocycles. The molecule has 13 heteroatoms. The first kappa shape index (κ1) is 26.9. The van der Waals surface area contributed by atoms with Gasteiger partial charge in [-0.15, -0.1) is 11.3 Å². The van der Waals surface area contributed by atoms with E-state index in [9.17, 15) is 18.0 Å². The zero-order valence-electron chi connectivity index (χ0n) is 21.4. The largest absolute Gasteiger partial charge is 0.435 e. The van der Waals surface area contributed by atoms with Crippen molar-refractivity contribution in [2.24, 2.45) is 10.3 Å². The topological polar surface area (TPSA) is 94.2 Å². The number of thiazole rings is 1. The third-order valence-electron chi connectivity index (χ3n) is 6.80. The fraction of sp³-hybridized carbons (Fsp3) is 0.423. The molecule has 9 nitrogen and oxygen atoms in total. The number of carbonyl (C=O) groups excluding carboxylic acids is 1. The Morgan fingerprint density at radius 3 is 2.64 bits per heavy atom. The number of aromatic nitrogens is 3. The molecule has 1 fully saturated rings. The van der Waals surface area contributed by atoms with Gasteiger partial charge in [0.05, 0.1) is 10.7 Å². The summed E-state index contributed by atoms with van der Waals surface area (Å²) in [4.78, 5) is 30.0. The van der Waals surface area contributed by atoms with Crippen LogP contribution in [0.15, 0.2) is 52.1 Å². The van der Waals surface area contributed by atoms with Crippen LogP contribution in [0.25, 0.3) is 0 Å². The summed E-state index contributed by atoms with van der Waals surface area (Å²) in [7, 11) is 1.49. The van der Waals surface area contributed by atoms with Gasteiger partial charge in [0.1, 0.15) is 25.1 Å². The van der Waals surface area contributed by atoms with E-state index < -0.39 is 11.9 Å². The van der Waals surface area contributed by atoms with Crippen molar-refractivity contribution in [3.8, 4) is 0 Å². The molecule has 39 heavy (non-hydrogen) atoms. The minimum Gasteiger partial charge on any atom is -0.399 e. The Morgan fingerprint density at radius 1 is 1.23 bits per heavy atom. The summed E-state index contributed by atoms with van der Waals surface area (Å²) in [6.45, 7) is 2.30. The number of amides is 1. The summed E-state index contributed by atoms with van der Waals surface area (Å²) in [5.41, 5.74) is 2.36. The number of likely N-dealkylation sites (tertiary alicyclic amines) is 1. The number of aryl methyl sites for hydroxylation is 1. The van der Waals surface area contributed by atoms with E-state index >= 15 is 0 Å². The van der Waals surface area contributed by atoms with Crippen molar-refractivity contribution in [1.82, 2.24) is 19.7 Å². The summed E-state index contributed by atoms with van der Waals surface area (Å²) >= 11 is 1.55. The molecule has 0 radical (unpaired) electrons. The number of rotatable bonds is 7. The Hall–Kier alpha value is -3.74. The van der Waals surface area contributed by atoms with Crippen LogP contribution in [-0.4, -0.2) is 63.3 Å². The number of alkyl halides is 3. The van der Waals surface area contributed by atoms with Crippen molar-refractivity contribution >= 4 is 28.7 Å². The number of hydrogen-bond donors (Lipinski definition) is 0. The van der Waals surface area contributed by atoms with Crippen LogP contribution in [-0.2, 0) is 27.2 Å². The lowest BCUT2D eigenvalue weighted by Crippen LogP contribution is -2.40. The van der Waals surface area contributed by atoms with E-state index in [4.69, 9.17) is 14.7 Å². The van der Waals surface area contributed by atoms with Gasteiger partial charge in [-0.2, -0.15) is 18.3 Å². The number of benzene rings is 1. The molecule has 1 atom stereocenters. The van der Waals surface area contributed by atoms with Gasteiger partial charge < -0.3 is 14.6 Å². The molecule has 0 aliphatic carbocycles. The van der Waals surface area contributed by atoms with Crippen LogP contribution < -0.4 is 0 Å². The Balaban J connectivity index is 1.16. The second kappa shape index (κ2) is 11.2. The van der Waals surface area contributed by atoms with Crippen LogP contribution >= 0.6 is 11.3 Å². The first-order valence-electron chi connectivity index (χ1n) is 12.5. The minimum atomic E-state index is -4.54. The fourth-order valence-electron chi connectivity index (χ4n) is 4.70. The molecule has 0 bridgehead atoms. The maximum atomic E-state index is 12.9. The molecule has 0 spiro atoms. The molecule has 206 valence electrons. The molecule has 1 unspecified atom stereocenters. The molecule has 0 saturated carbocycles. The van der Waals surface area contributed by atoms with Gasteiger partial charge in [-0.05, 0) is 25.8 Å². The molecule has 0 N–H and O–H groups in total. The number of nitrogens with zero attached hydrogens (tertiary/aromatic N) is 6. The molecule has 1 amide bonds. The molecule has 2 aliphatic rings. The van der Waals surface area contributed by atoms with Gasteiger partial charge >= 0.3 is 6.18 Å². The third kappa shape index (κ3) is 5.97. The Morgan fingerprint density at radius 2 is 1.97 bits per heavy atom. The van der Waals surface area contributed by atoms with Crippen LogP contribution in [0.5, 0.6) is 0 Å². The summed E-state index contributed by atoms with van der Waals surface area (Å²) < 4.78 is 39.9. The standard InChI is InChI=1S/C26H27F3N6O3S/c1-16-12-22(26(27,28)29)31-35(16)14-23(36)34-10-8-18(9-11-34)25-30-20(15-39-25)19-13-21(38-32-19)24(33-37-2)17-6-4-3-5-7-17/h3-7,12,15,18,21H,8-11,13-14H2,1-2H3. The molecule has 4 heterocycles. The first-order chi connectivity index (χ1) is 18.7. The highest BCUT2D eigenvalue weighted by Crippen LogP contribution is 2.32. The highest BCUT2D eigenvalue weighted by Gasteiger charge is 2.35. The average molecular weight is 561 g/mol.